The van der Waals surface area contributed by atoms with Gasteiger partial charge in [0.15, 0.2) is 6.04 Å². The van der Waals surface area contributed by atoms with Gasteiger partial charge in [-0.05, 0) is 46.8 Å². The first kappa shape index (κ1) is 15.9. The molecule has 2 atom stereocenters. The molecule has 1 heterocycles. The van der Waals surface area contributed by atoms with Gasteiger partial charge in [0.2, 0.25) is 0 Å². The highest BCUT2D eigenvalue weighted by Gasteiger charge is 2.30. The van der Waals surface area contributed by atoms with Gasteiger partial charge in [-0.2, -0.15) is 0 Å². The zero-order valence-electron chi connectivity index (χ0n) is 12.0. The fourth-order valence-electron chi connectivity index (χ4n) is 1.34. The van der Waals surface area contributed by atoms with Gasteiger partial charge in [0.25, 0.3) is 0 Å². The van der Waals surface area contributed by atoms with Crippen molar-refractivity contribution in [1.82, 2.24) is 4.72 Å². The van der Waals surface area contributed by atoms with E-state index in [4.69, 9.17) is 9.15 Å². The van der Waals surface area contributed by atoms with E-state index in [9.17, 15) is 9.00 Å². The average Bonchev–Trinajstić information content (AvgIpc) is 2.71. The smallest absolute Gasteiger partial charge is 0.331 e. The van der Waals surface area contributed by atoms with Crippen LogP contribution in [0.25, 0.3) is 0 Å². The first-order valence-corrected chi connectivity index (χ1v) is 7.31. The number of hydrogen-bond donors (Lipinski definition) is 1. The Hall–Kier alpha value is -1.14. The highest BCUT2D eigenvalue weighted by Crippen LogP contribution is 2.21. The minimum Gasteiger partial charge on any atom is -0.464 e. The lowest BCUT2D eigenvalue weighted by atomic mass is 10.2. The standard InChI is InChI=1S/C13H21NO4S/c1-6-17-12(15)11(10-8-7-9(2)18-10)14-19(16)13(3,4)5/h7-8,11,14H,6H2,1-5H3/t11-,19?/m1/s1. The molecule has 0 spiro atoms. The number of carbonyl (C=O) groups excluding carboxylic acids is 1. The van der Waals surface area contributed by atoms with Crippen LogP contribution in [0.2, 0.25) is 0 Å². The number of carbonyl (C=O) groups is 1. The van der Waals surface area contributed by atoms with Gasteiger partial charge in [-0.1, -0.05) is 0 Å². The Morgan fingerprint density at radius 1 is 1.47 bits per heavy atom. The maximum Gasteiger partial charge on any atom is 0.331 e. The van der Waals surface area contributed by atoms with Crippen molar-refractivity contribution in [3.05, 3.63) is 23.7 Å². The van der Waals surface area contributed by atoms with Crippen LogP contribution < -0.4 is 4.72 Å². The van der Waals surface area contributed by atoms with Crippen LogP contribution in [0.15, 0.2) is 16.5 Å². The molecule has 19 heavy (non-hydrogen) atoms. The van der Waals surface area contributed by atoms with E-state index in [0.29, 0.717) is 11.5 Å². The zero-order chi connectivity index (χ0) is 14.6. The zero-order valence-corrected chi connectivity index (χ0v) is 12.8. The van der Waals surface area contributed by atoms with Crippen LogP contribution in [0.5, 0.6) is 0 Å². The monoisotopic (exact) mass is 287 g/mol. The molecule has 0 saturated heterocycles. The number of aryl methyl sites for hydroxylation is 1. The van der Waals surface area contributed by atoms with E-state index < -0.39 is 27.7 Å². The molecule has 0 aliphatic rings. The quantitative estimate of drug-likeness (QED) is 0.843. The Labute approximate surface area is 116 Å². The van der Waals surface area contributed by atoms with E-state index in [1.807, 2.05) is 20.8 Å². The van der Waals surface area contributed by atoms with Gasteiger partial charge < -0.3 is 9.15 Å². The Kier molecular flexibility index (Phi) is 5.31. The maximum atomic E-state index is 12.1. The predicted molar refractivity (Wildman–Crippen MR) is 73.9 cm³/mol. The summed E-state index contributed by atoms with van der Waals surface area (Å²) in [4.78, 5) is 11.9. The van der Waals surface area contributed by atoms with Crippen molar-refractivity contribution in [2.75, 3.05) is 6.61 Å². The molecule has 0 aliphatic carbocycles. The average molecular weight is 287 g/mol. The highest BCUT2D eigenvalue weighted by molar-refractivity contribution is 7.84. The van der Waals surface area contributed by atoms with Gasteiger partial charge >= 0.3 is 5.97 Å². The van der Waals surface area contributed by atoms with Crippen LogP contribution in [0.3, 0.4) is 0 Å². The molecule has 6 heteroatoms. The second-order valence-corrected chi connectivity index (χ2v) is 7.13. The predicted octanol–water partition coefficient (Wildman–Crippen LogP) is 2.24. The van der Waals surface area contributed by atoms with Gasteiger partial charge in [0, 0.05) is 0 Å². The van der Waals surface area contributed by atoms with Gasteiger partial charge in [-0.3, -0.25) is 0 Å². The number of esters is 1. The van der Waals surface area contributed by atoms with Crippen molar-refractivity contribution in [1.29, 1.82) is 0 Å². The molecule has 0 amide bonds. The van der Waals surface area contributed by atoms with E-state index in [2.05, 4.69) is 4.72 Å². The van der Waals surface area contributed by atoms with E-state index >= 15 is 0 Å². The molecule has 0 saturated carbocycles. The first-order valence-electron chi connectivity index (χ1n) is 6.16. The minimum absolute atomic E-state index is 0.263. The third kappa shape index (κ3) is 4.47. The molecule has 0 fully saturated rings. The summed E-state index contributed by atoms with van der Waals surface area (Å²) >= 11 is 0. The van der Waals surface area contributed by atoms with Crippen molar-refractivity contribution in [2.45, 2.75) is 45.4 Å². The summed E-state index contributed by atoms with van der Waals surface area (Å²) in [7, 11) is -1.39. The van der Waals surface area contributed by atoms with Gasteiger partial charge in [-0.15, -0.1) is 0 Å². The van der Waals surface area contributed by atoms with Crippen molar-refractivity contribution >= 4 is 17.0 Å². The molecule has 5 nitrogen and oxygen atoms in total. The highest BCUT2D eigenvalue weighted by atomic mass is 32.2. The second kappa shape index (κ2) is 6.34. The second-order valence-electron chi connectivity index (χ2n) is 5.13. The molecular formula is C13H21NO4S. The normalized spacial score (nSPS) is 15.0. The molecule has 108 valence electrons. The Morgan fingerprint density at radius 2 is 2.11 bits per heavy atom. The lowest BCUT2D eigenvalue weighted by Crippen LogP contribution is -2.39. The van der Waals surface area contributed by atoms with Crippen molar-refractivity contribution < 1.29 is 18.2 Å². The summed E-state index contributed by atoms with van der Waals surface area (Å²) in [5.41, 5.74) is 0. The molecule has 1 N–H and O–H groups in total. The molecule has 1 aromatic rings. The first-order chi connectivity index (χ1) is 8.75. The molecule has 1 aromatic heterocycles. The third-order valence-corrected chi connectivity index (χ3v) is 3.91. The summed E-state index contributed by atoms with van der Waals surface area (Å²) in [6.07, 6.45) is 0. The van der Waals surface area contributed by atoms with E-state index in [-0.39, 0.29) is 6.61 Å². The Bertz CT molecular complexity index is 461. The van der Waals surface area contributed by atoms with Crippen molar-refractivity contribution in [3.63, 3.8) is 0 Å². The largest absolute Gasteiger partial charge is 0.464 e. The minimum atomic E-state index is -1.39. The van der Waals surface area contributed by atoms with Gasteiger partial charge in [0.05, 0.1) is 22.3 Å². The Balaban J connectivity index is 2.94. The van der Waals surface area contributed by atoms with Crippen LogP contribution in [-0.4, -0.2) is 21.5 Å². The summed E-state index contributed by atoms with van der Waals surface area (Å²) in [5, 5.41) is 0. The number of hydrogen-bond acceptors (Lipinski definition) is 4. The number of rotatable bonds is 5. The SMILES string of the molecule is CCOC(=O)[C@H](NS(=O)C(C)(C)C)c1ccc(C)o1. The molecule has 0 aliphatic heterocycles. The fourth-order valence-corrected chi connectivity index (χ4v) is 2.12. The number of furan rings is 1. The summed E-state index contributed by atoms with van der Waals surface area (Å²) < 4.78 is 24.8. The lowest BCUT2D eigenvalue weighted by molar-refractivity contribution is -0.145. The lowest BCUT2D eigenvalue weighted by Gasteiger charge is -2.22. The van der Waals surface area contributed by atoms with Crippen molar-refractivity contribution in [3.8, 4) is 0 Å². The molecular weight excluding hydrogens is 266 g/mol. The summed E-state index contributed by atoms with van der Waals surface area (Å²) in [6, 6.07) is 2.58. The van der Waals surface area contributed by atoms with E-state index in [0.717, 1.165) is 0 Å². The Morgan fingerprint density at radius 3 is 2.53 bits per heavy atom. The molecule has 1 rings (SSSR count). The fraction of sp³-hybridized carbons (Fsp3) is 0.615. The van der Waals surface area contributed by atoms with Crippen LogP contribution in [0.1, 0.15) is 45.3 Å². The molecule has 0 aromatic carbocycles. The van der Waals surface area contributed by atoms with Crippen LogP contribution >= 0.6 is 0 Å². The topological polar surface area (TPSA) is 68.5 Å². The number of ether oxygens (including phenoxy) is 1. The van der Waals surface area contributed by atoms with Crippen LogP contribution in [0.4, 0.5) is 0 Å². The summed E-state index contributed by atoms with van der Waals surface area (Å²) in [5.74, 6) is 0.607. The van der Waals surface area contributed by atoms with E-state index in [1.165, 1.54) is 0 Å². The molecule has 0 radical (unpaired) electrons. The number of nitrogens with one attached hydrogen (secondary N) is 1. The van der Waals surface area contributed by atoms with Gasteiger partial charge in [-0.25, -0.2) is 13.7 Å². The van der Waals surface area contributed by atoms with Crippen molar-refractivity contribution in [2.24, 2.45) is 0 Å². The van der Waals surface area contributed by atoms with E-state index in [1.54, 1.807) is 26.0 Å². The van der Waals surface area contributed by atoms with Crippen LogP contribution in [0, 0.1) is 6.92 Å². The third-order valence-electron chi connectivity index (χ3n) is 2.35. The van der Waals surface area contributed by atoms with Crippen LogP contribution in [-0.2, 0) is 20.5 Å². The van der Waals surface area contributed by atoms with Gasteiger partial charge in [0.1, 0.15) is 11.5 Å². The maximum absolute atomic E-state index is 12.1. The molecule has 1 unspecified atom stereocenters. The summed E-state index contributed by atoms with van der Waals surface area (Å²) in [6.45, 7) is 9.25. The molecule has 0 bridgehead atoms.